The first kappa shape index (κ1) is 22.6. The van der Waals surface area contributed by atoms with Crippen LogP contribution in [0.5, 0.6) is 11.5 Å². The van der Waals surface area contributed by atoms with E-state index in [9.17, 15) is 4.57 Å². The lowest BCUT2D eigenvalue weighted by Gasteiger charge is -2.17. The van der Waals surface area contributed by atoms with E-state index in [0.29, 0.717) is 23.8 Å². The Morgan fingerprint density at radius 2 is 1.69 bits per heavy atom. The number of aryl methyl sites for hydroxylation is 1. The third kappa shape index (κ3) is 7.03. The summed E-state index contributed by atoms with van der Waals surface area (Å²) in [5.41, 5.74) is 2.98. The molecule has 8 heteroatoms. The topological polar surface area (TPSA) is 90.1 Å². The maximum atomic E-state index is 12.4. The molecule has 0 aliphatic heterocycles. The van der Waals surface area contributed by atoms with Gasteiger partial charge in [0.05, 0.1) is 18.9 Å². The largest absolute Gasteiger partial charge is 0.530 e. The lowest BCUT2D eigenvalue weighted by molar-refractivity contribution is 0.167. The molecule has 0 amide bonds. The normalized spacial score (nSPS) is 11.8. The number of ether oxygens (including phenoxy) is 1. The molecular formula is C21H25N2O5P. The Hall–Kier alpha value is -2.65. The van der Waals surface area contributed by atoms with Crippen molar-refractivity contribution >= 4 is 19.2 Å². The van der Waals surface area contributed by atoms with Crippen molar-refractivity contribution in [2.75, 3.05) is 13.2 Å². The van der Waals surface area contributed by atoms with E-state index in [1.165, 1.54) is 0 Å². The Kier molecular flexibility index (Phi) is 8.41. The van der Waals surface area contributed by atoms with Gasteiger partial charge in [0.1, 0.15) is 29.9 Å². The molecule has 0 aliphatic carbocycles. The number of nitriles is 1. The van der Waals surface area contributed by atoms with Crippen LogP contribution >= 0.6 is 7.82 Å². The Morgan fingerprint density at radius 3 is 2.24 bits per heavy atom. The second-order valence-corrected chi connectivity index (χ2v) is 7.66. The zero-order valence-electron chi connectivity index (χ0n) is 17.0. The van der Waals surface area contributed by atoms with Gasteiger partial charge in [0, 0.05) is 0 Å². The van der Waals surface area contributed by atoms with Crippen LogP contribution in [0, 0.1) is 18.3 Å². The van der Waals surface area contributed by atoms with Crippen LogP contribution in [0.4, 0.5) is 5.69 Å². The van der Waals surface area contributed by atoms with Crippen LogP contribution in [0.1, 0.15) is 31.9 Å². The number of hydrogen-bond donors (Lipinski definition) is 0. The van der Waals surface area contributed by atoms with Crippen molar-refractivity contribution in [3.8, 4) is 17.6 Å². The molecule has 0 radical (unpaired) electrons. The summed E-state index contributed by atoms with van der Waals surface area (Å²) in [5, 5.41) is 8.84. The van der Waals surface area contributed by atoms with Gasteiger partial charge >= 0.3 is 7.82 Å². The van der Waals surface area contributed by atoms with Gasteiger partial charge in [-0.1, -0.05) is 12.1 Å². The summed E-state index contributed by atoms with van der Waals surface area (Å²) in [5.74, 6) is 1.10. The summed E-state index contributed by atoms with van der Waals surface area (Å²) in [6.07, 6.45) is 0. The SMILES string of the molecule is CCOP(=O)(OCC)Oc1ccc(COc2ccc(/N=C(\C)C#N)c(C)c2)cc1. The summed E-state index contributed by atoms with van der Waals surface area (Å²) in [6.45, 7) is 7.83. The number of phosphoric acid groups is 1. The molecule has 0 heterocycles. The van der Waals surface area contributed by atoms with Crippen molar-refractivity contribution in [2.45, 2.75) is 34.3 Å². The van der Waals surface area contributed by atoms with E-state index in [-0.39, 0.29) is 13.2 Å². The van der Waals surface area contributed by atoms with Crippen LogP contribution < -0.4 is 9.26 Å². The smallest absolute Gasteiger partial charge is 0.489 e. The van der Waals surface area contributed by atoms with Gasteiger partial charge in [-0.05, 0) is 69.2 Å². The lowest BCUT2D eigenvalue weighted by atomic mass is 10.2. The van der Waals surface area contributed by atoms with E-state index < -0.39 is 7.82 Å². The molecule has 0 saturated carbocycles. The molecule has 2 aromatic carbocycles. The number of phosphoric ester groups is 1. The molecule has 0 aliphatic rings. The van der Waals surface area contributed by atoms with Crippen LogP contribution in [0.15, 0.2) is 47.5 Å². The zero-order chi connectivity index (χ0) is 21.3. The maximum Gasteiger partial charge on any atom is 0.530 e. The number of rotatable bonds is 10. The highest BCUT2D eigenvalue weighted by molar-refractivity contribution is 7.48. The molecule has 7 nitrogen and oxygen atoms in total. The molecule has 0 aromatic heterocycles. The Labute approximate surface area is 171 Å². The van der Waals surface area contributed by atoms with Gasteiger partial charge in [-0.25, -0.2) is 9.56 Å². The lowest BCUT2D eigenvalue weighted by Crippen LogP contribution is -2.02. The molecule has 0 atom stereocenters. The van der Waals surface area contributed by atoms with E-state index in [1.807, 2.05) is 43.3 Å². The first-order chi connectivity index (χ1) is 13.9. The molecule has 2 rings (SSSR count). The molecule has 0 saturated heterocycles. The monoisotopic (exact) mass is 416 g/mol. The summed E-state index contributed by atoms with van der Waals surface area (Å²) >= 11 is 0. The van der Waals surface area contributed by atoms with Crippen molar-refractivity contribution in [2.24, 2.45) is 4.99 Å². The molecule has 2 aromatic rings. The molecule has 0 unspecified atom stereocenters. The minimum absolute atomic E-state index is 0.225. The molecule has 0 N–H and O–H groups in total. The average Bonchev–Trinajstić information content (AvgIpc) is 2.69. The van der Waals surface area contributed by atoms with Crippen molar-refractivity contribution in [3.63, 3.8) is 0 Å². The summed E-state index contributed by atoms with van der Waals surface area (Å²) < 4.78 is 33.9. The Balaban J connectivity index is 1.99. The zero-order valence-corrected chi connectivity index (χ0v) is 17.9. The standard InChI is InChI=1S/C21H25N2O5P/c1-5-26-29(24,27-6-2)28-19-9-7-18(8-10-19)15-25-20-11-12-21(16(3)13-20)23-17(4)14-22/h7-13H,5-6,15H2,1-4H3/b23-17+. The highest BCUT2D eigenvalue weighted by Crippen LogP contribution is 2.49. The number of aliphatic imine (C=N–C) groups is 1. The van der Waals surface area contributed by atoms with E-state index in [0.717, 1.165) is 16.8 Å². The van der Waals surface area contributed by atoms with Crippen LogP contribution in [0.3, 0.4) is 0 Å². The van der Waals surface area contributed by atoms with Crippen LogP contribution in [0.25, 0.3) is 0 Å². The molecule has 154 valence electrons. The highest BCUT2D eigenvalue weighted by atomic mass is 31.2. The van der Waals surface area contributed by atoms with Crippen LogP contribution in [0.2, 0.25) is 0 Å². The van der Waals surface area contributed by atoms with Gasteiger partial charge in [0.2, 0.25) is 0 Å². The minimum atomic E-state index is -3.60. The fourth-order valence-corrected chi connectivity index (χ4v) is 3.59. The second kappa shape index (κ2) is 10.8. The van der Waals surface area contributed by atoms with Crippen molar-refractivity contribution < 1.29 is 22.9 Å². The fourth-order valence-electron chi connectivity index (χ4n) is 2.40. The van der Waals surface area contributed by atoms with Gasteiger partial charge in [0.25, 0.3) is 0 Å². The van der Waals surface area contributed by atoms with Gasteiger partial charge in [-0.15, -0.1) is 0 Å². The van der Waals surface area contributed by atoms with Gasteiger partial charge in [-0.3, -0.25) is 9.05 Å². The maximum absolute atomic E-state index is 12.4. The van der Waals surface area contributed by atoms with E-state index in [1.54, 1.807) is 32.9 Å². The van der Waals surface area contributed by atoms with Gasteiger partial charge in [0.15, 0.2) is 0 Å². The molecule has 29 heavy (non-hydrogen) atoms. The number of nitrogens with zero attached hydrogens (tertiary/aromatic N) is 2. The third-order valence-electron chi connectivity index (χ3n) is 3.74. The molecule has 0 spiro atoms. The van der Waals surface area contributed by atoms with E-state index >= 15 is 0 Å². The van der Waals surface area contributed by atoms with Crippen molar-refractivity contribution in [1.29, 1.82) is 5.26 Å². The predicted molar refractivity (Wildman–Crippen MR) is 112 cm³/mol. The Morgan fingerprint density at radius 1 is 1.07 bits per heavy atom. The van der Waals surface area contributed by atoms with E-state index in [4.69, 9.17) is 23.6 Å². The number of benzene rings is 2. The second-order valence-electron chi connectivity index (χ2n) is 6.06. The van der Waals surface area contributed by atoms with Crippen LogP contribution in [-0.2, 0) is 20.2 Å². The quantitative estimate of drug-likeness (QED) is 0.362. The van der Waals surface area contributed by atoms with Crippen LogP contribution in [-0.4, -0.2) is 18.9 Å². The molecular weight excluding hydrogens is 391 g/mol. The molecule has 0 fully saturated rings. The van der Waals surface area contributed by atoms with Crippen molar-refractivity contribution in [1.82, 2.24) is 0 Å². The minimum Gasteiger partial charge on any atom is -0.489 e. The summed E-state index contributed by atoms with van der Waals surface area (Å²) in [4.78, 5) is 4.24. The number of hydrogen-bond acceptors (Lipinski definition) is 7. The van der Waals surface area contributed by atoms with E-state index in [2.05, 4.69) is 4.99 Å². The predicted octanol–water partition coefficient (Wildman–Crippen LogP) is 5.75. The Bertz CT molecular complexity index is 925. The highest BCUT2D eigenvalue weighted by Gasteiger charge is 2.27. The van der Waals surface area contributed by atoms with Gasteiger partial charge < -0.3 is 9.26 Å². The fraction of sp³-hybridized carbons (Fsp3) is 0.333. The first-order valence-corrected chi connectivity index (χ1v) is 10.7. The van der Waals surface area contributed by atoms with Gasteiger partial charge in [-0.2, -0.15) is 5.26 Å². The first-order valence-electron chi connectivity index (χ1n) is 9.25. The summed E-state index contributed by atoms with van der Waals surface area (Å²) in [6, 6.07) is 14.5. The summed E-state index contributed by atoms with van der Waals surface area (Å²) in [7, 11) is -3.60. The third-order valence-corrected chi connectivity index (χ3v) is 5.32. The molecule has 0 bridgehead atoms. The van der Waals surface area contributed by atoms with Crippen molar-refractivity contribution in [3.05, 3.63) is 53.6 Å². The average molecular weight is 416 g/mol.